The molecular weight excluding hydrogens is 366 g/mol. The van der Waals surface area contributed by atoms with E-state index in [9.17, 15) is 8.42 Å². The number of hydrogen-bond donors (Lipinski definition) is 1. The van der Waals surface area contributed by atoms with Crippen LogP contribution in [0.1, 0.15) is 11.7 Å². The number of sulfonamides is 1. The van der Waals surface area contributed by atoms with Crippen LogP contribution >= 0.6 is 11.6 Å². The van der Waals surface area contributed by atoms with E-state index in [1.807, 2.05) is 18.2 Å². The Labute approximate surface area is 152 Å². The Kier molecular flexibility index (Phi) is 6.66. The quantitative estimate of drug-likeness (QED) is 0.756. The third kappa shape index (κ3) is 4.64. The molecule has 8 heteroatoms. The maximum absolute atomic E-state index is 12.5. The van der Waals surface area contributed by atoms with Gasteiger partial charge >= 0.3 is 0 Å². The molecule has 2 aromatic carbocycles. The minimum atomic E-state index is -3.75. The van der Waals surface area contributed by atoms with E-state index in [-0.39, 0.29) is 16.5 Å². The number of halogens is 1. The summed E-state index contributed by atoms with van der Waals surface area (Å²) in [6.07, 6.45) is -0.500. The molecule has 0 bridgehead atoms. The smallest absolute Gasteiger partial charge is 0.240 e. The molecule has 0 heterocycles. The van der Waals surface area contributed by atoms with E-state index in [1.54, 1.807) is 13.2 Å². The van der Waals surface area contributed by atoms with Crippen LogP contribution in [-0.4, -0.2) is 36.3 Å². The van der Waals surface area contributed by atoms with Crippen LogP contribution in [0.25, 0.3) is 0 Å². The van der Waals surface area contributed by atoms with Gasteiger partial charge < -0.3 is 14.2 Å². The van der Waals surface area contributed by atoms with E-state index in [1.165, 1.54) is 32.4 Å². The molecule has 0 fully saturated rings. The molecule has 0 spiro atoms. The van der Waals surface area contributed by atoms with Crippen molar-refractivity contribution in [3.8, 4) is 11.5 Å². The Hall–Kier alpha value is -1.80. The summed E-state index contributed by atoms with van der Waals surface area (Å²) in [6, 6.07) is 11.6. The zero-order valence-corrected chi connectivity index (χ0v) is 15.7. The summed E-state index contributed by atoms with van der Waals surface area (Å²) >= 11 is 6.00. The van der Waals surface area contributed by atoms with E-state index in [2.05, 4.69) is 4.72 Å². The Morgan fingerprint density at radius 2 is 1.72 bits per heavy atom. The second-order valence-corrected chi connectivity index (χ2v) is 7.29. The maximum Gasteiger partial charge on any atom is 0.240 e. The molecule has 0 amide bonds. The fraction of sp³-hybridized carbons (Fsp3) is 0.294. The third-order valence-corrected chi connectivity index (χ3v) is 5.38. The second kappa shape index (κ2) is 8.53. The van der Waals surface area contributed by atoms with Gasteiger partial charge in [-0.3, -0.25) is 0 Å². The molecule has 2 aromatic rings. The van der Waals surface area contributed by atoms with Gasteiger partial charge in [0.15, 0.2) is 0 Å². The van der Waals surface area contributed by atoms with Gasteiger partial charge in [-0.2, -0.15) is 0 Å². The summed E-state index contributed by atoms with van der Waals surface area (Å²) in [4.78, 5) is 0.0492. The van der Waals surface area contributed by atoms with Crippen LogP contribution in [0.3, 0.4) is 0 Å². The average molecular weight is 386 g/mol. The summed E-state index contributed by atoms with van der Waals surface area (Å²) in [5.74, 6) is 1.03. The first kappa shape index (κ1) is 19.5. The molecule has 1 unspecified atom stereocenters. The topological polar surface area (TPSA) is 73.9 Å². The van der Waals surface area contributed by atoms with Gasteiger partial charge in [-0.1, -0.05) is 29.8 Å². The summed E-state index contributed by atoms with van der Waals surface area (Å²) in [6.45, 7) is 0.0445. The molecule has 0 aliphatic carbocycles. The molecule has 6 nitrogen and oxygen atoms in total. The Morgan fingerprint density at radius 3 is 2.32 bits per heavy atom. The van der Waals surface area contributed by atoms with E-state index in [4.69, 9.17) is 25.8 Å². The van der Waals surface area contributed by atoms with Crippen molar-refractivity contribution >= 4 is 21.6 Å². The lowest BCUT2D eigenvalue weighted by Crippen LogP contribution is -2.29. The van der Waals surface area contributed by atoms with Crippen molar-refractivity contribution in [2.75, 3.05) is 27.9 Å². The molecule has 0 aliphatic heterocycles. The fourth-order valence-corrected chi connectivity index (χ4v) is 3.72. The van der Waals surface area contributed by atoms with Gasteiger partial charge in [0.25, 0.3) is 0 Å². The molecule has 1 N–H and O–H groups in total. The number of para-hydroxylation sites is 1. The highest BCUT2D eigenvalue weighted by atomic mass is 35.5. The first-order valence-electron chi connectivity index (χ1n) is 7.42. The van der Waals surface area contributed by atoms with Gasteiger partial charge in [0.1, 0.15) is 11.5 Å². The normalized spacial score (nSPS) is 12.6. The first-order valence-corrected chi connectivity index (χ1v) is 9.28. The van der Waals surface area contributed by atoms with E-state index >= 15 is 0 Å². The van der Waals surface area contributed by atoms with Crippen LogP contribution < -0.4 is 14.2 Å². The second-order valence-electron chi connectivity index (χ2n) is 5.11. The SMILES string of the molecule is COc1ccc(S(=O)(=O)NCC(OC)c2ccccc2OC)cc1Cl. The van der Waals surface area contributed by atoms with Crippen molar-refractivity contribution in [2.45, 2.75) is 11.0 Å². The summed E-state index contributed by atoms with van der Waals surface area (Å²) in [5.41, 5.74) is 0.753. The minimum absolute atomic E-state index is 0.0445. The summed E-state index contributed by atoms with van der Waals surface area (Å²) in [7, 11) is 0.771. The molecule has 136 valence electrons. The van der Waals surface area contributed by atoms with Gasteiger partial charge in [-0.25, -0.2) is 13.1 Å². The summed E-state index contributed by atoms with van der Waals surface area (Å²) in [5, 5.41) is 0.221. The van der Waals surface area contributed by atoms with E-state index in [0.717, 1.165) is 5.56 Å². The van der Waals surface area contributed by atoms with Crippen molar-refractivity contribution < 1.29 is 22.6 Å². The van der Waals surface area contributed by atoms with Crippen molar-refractivity contribution in [1.82, 2.24) is 4.72 Å². The molecule has 0 saturated carbocycles. The number of methoxy groups -OCH3 is 3. The van der Waals surface area contributed by atoms with Gasteiger partial charge in [0, 0.05) is 19.2 Å². The zero-order chi connectivity index (χ0) is 18.4. The average Bonchev–Trinajstić information content (AvgIpc) is 2.62. The highest BCUT2D eigenvalue weighted by Crippen LogP contribution is 2.28. The van der Waals surface area contributed by atoms with Crippen LogP contribution in [0.4, 0.5) is 0 Å². The fourth-order valence-electron chi connectivity index (χ4n) is 2.34. The molecule has 0 aromatic heterocycles. The monoisotopic (exact) mass is 385 g/mol. The van der Waals surface area contributed by atoms with E-state index < -0.39 is 16.1 Å². The number of hydrogen-bond acceptors (Lipinski definition) is 5. The molecule has 1 atom stereocenters. The lowest BCUT2D eigenvalue weighted by Gasteiger charge is -2.19. The van der Waals surface area contributed by atoms with Gasteiger partial charge in [0.05, 0.1) is 30.2 Å². The lowest BCUT2D eigenvalue weighted by atomic mass is 10.1. The Bertz CT molecular complexity index is 826. The number of ether oxygens (including phenoxy) is 3. The standard InChI is InChI=1S/C17H20ClNO5S/c1-22-15-7-5-4-6-13(15)17(24-3)11-19-25(20,21)12-8-9-16(23-2)14(18)10-12/h4-10,17,19H,11H2,1-3H3. The number of nitrogens with one attached hydrogen (secondary N) is 1. The highest BCUT2D eigenvalue weighted by molar-refractivity contribution is 7.89. The van der Waals surface area contributed by atoms with Crippen molar-refractivity contribution in [1.29, 1.82) is 0 Å². The van der Waals surface area contributed by atoms with E-state index in [0.29, 0.717) is 11.5 Å². The van der Waals surface area contributed by atoms with Crippen molar-refractivity contribution in [2.24, 2.45) is 0 Å². The molecule has 2 rings (SSSR count). The number of rotatable bonds is 8. The molecular formula is C17H20ClNO5S. The van der Waals surface area contributed by atoms with Crippen LogP contribution in [0.2, 0.25) is 5.02 Å². The van der Waals surface area contributed by atoms with Gasteiger partial charge in [0.2, 0.25) is 10.0 Å². The maximum atomic E-state index is 12.5. The largest absolute Gasteiger partial charge is 0.496 e. The van der Waals surface area contributed by atoms with Crippen molar-refractivity contribution in [3.05, 3.63) is 53.1 Å². The van der Waals surface area contributed by atoms with Gasteiger partial charge in [-0.15, -0.1) is 0 Å². The predicted molar refractivity (Wildman–Crippen MR) is 95.9 cm³/mol. The minimum Gasteiger partial charge on any atom is -0.496 e. The predicted octanol–water partition coefficient (Wildman–Crippen LogP) is 3.02. The van der Waals surface area contributed by atoms with Crippen LogP contribution in [0.15, 0.2) is 47.4 Å². The molecule has 25 heavy (non-hydrogen) atoms. The summed E-state index contributed by atoms with van der Waals surface area (Å²) < 4.78 is 43.3. The molecule has 0 aliphatic rings. The van der Waals surface area contributed by atoms with Crippen LogP contribution in [-0.2, 0) is 14.8 Å². The zero-order valence-electron chi connectivity index (χ0n) is 14.2. The highest BCUT2D eigenvalue weighted by Gasteiger charge is 2.21. The number of benzene rings is 2. The van der Waals surface area contributed by atoms with Crippen molar-refractivity contribution in [3.63, 3.8) is 0 Å². The molecule has 0 saturated heterocycles. The Balaban J connectivity index is 2.18. The third-order valence-electron chi connectivity index (χ3n) is 3.66. The first-order chi connectivity index (χ1) is 11.9. The molecule has 0 radical (unpaired) electrons. The Morgan fingerprint density at radius 1 is 1.04 bits per heavy atom. The van der Waals surface area contributed by atoms with Crippen LogP contribution in [0, 0.1) is 0 Å². The van der Waals surface area contributed by atoms with Crippen LogP contribution in [0.5, 0.6) is 11.5 Å². The lowest BCUT2D eigenvalue weighted by molar-refractivity contribution is 0.105. The van der Waals surface area contributed by atoms with Gasteiger partial charge in [-0.05, 0) is 24.3 Å².